The minimum absolute atomic E-state index is 0.506. The SMILES string of the molecule is CCCCCCCCN(CCC)[C@H]1CCc2c(O)ccc(C)c2C1. The molecule has 1 aliphatic rings. The van der Waals surface area contributed by atoms with E-state index in [9.17, 15) is 5.11 Å². The zero-order chi connectivity index (χ0) is 17.4. The van der Waals surface area contributed by atoms with Crippen LogP contribution in [0.15, 0.2) is 12.1 Å². The molecule has 2 rings (SSSR count). The normalized spacial score (nSPS) is 17.2. The van der Waals surface area contributed by atoms with Crippen molar-refractivity contribution in [3.8, 4) is 5.75 Å². The lowest BCUT2D eigenvalue weighted by atomic mass is 9.84. The fraction of sp³-hybridized carbons (Fsp3) is 0.727. The number of nitrogens with zero attached hydrogens (tertiary/aromatic N) is 1. The maximum atomic E-state index is 10.1. The number of phenolic OH excluding ortho intramolecular Hbond substituents is 1. The topological polar surface area (TPSA) is 23.5 Å². The first kappa shape index (κ1) is 19.3. The Morgan fingerprint density at radius 1 is 0.958 bits per heavy atom. The number of unbranched alkanes of at least 4 members (excludes halogenated alkanes) is 5. The molecule has 0 bridgehead atoms. The largest absolute Gasteiger partial charge is 0.508 e. The molecular formula is C22H37NO. The lowest BCUT2D eigenvalue weighted by molar-refractivity contribution is 0.175. The molecule has 2 heteroatoms. The van der Waals surface area contributed by atoms with E-state index in [-0.39, 0.29) is 0 Å². The van der Waals surface area contributed by atoms with Crippen molar-refractivity contribution in [1.29, 1.82) is 0 Å². The Hall–Kier alpha value is -1.02. The summed E-state index contributed by atoms with van der Waals surface area (Å²) in [5.41, 5.74) is 3.97. The minimum atomic E-state index is 0.506. The van der Waals surface area contributed by atoms with Crippen LogP contribution in [0.3, 0.4) is 0 Å². The molecule has 0 saturated heterocycles. The van der Waals surface area contributed by atoms with E-state index in [2.05, 4.69) is 31.7 Å². The quantitative estimate of drug-likeness (QED) is 0.562. The van der Waals surface area contributed by atoms with Gasteiger partial charge in [-0.2, -0.15) is 0 Å². The molecule has 0 radical (unpaired) electrons. The molecule has 1 aromatic carbocycles. The first-order valence-electron chi connectivity index (χ1n) is 10.2. The van der Waals surface area contributed by atoms with E-state index >= 15 is 0 Å². The zero-order valence-corrected chi connectivity index (χ0v) is 16.1. The molecule has 0 amide bonds. The highest BCUT2D eigenvalue weighted by Gasteiger charge is 2.26. The second-order valence-electron chi connectivity index (χ2n) is 7.56. The third kappa shape index (κ3) is 5.24. The van der Waals surface area contributed by atoms with Gasteiger partial charge in [-0.15, -0.1) is 0 Å². The molecule has 24 heavy (non-hydrogen) atoms. The molecule has 0 saturated carbocycles. The van der Waals surface area contributed by atoms with Crippen LogP contribution in [-0.4, -0.2) is 29.1 Å². The zero-order valence-electron chi connectivity index (χ0n) is 16.1. The molecular weight excluding hydrogens is 294 g/mol. The number of hydrogen-bond acceptors (Lipinski definition) is 2. The smallest absolute Gasteiger partial charge is 0.119 e. The van der Waals surface area contributed by atoms with Crippen LogP contribution in [0.5, 0.6) is 5.75 Å². The van der Waals surface area contributed by atoms with Crippen molar-refractivity contribution in [3.05, 3.63) is 28.8 Å². The first-order valence-corrected chi connectivity index (χ1v) is 10.2. The van der Waals surface area contributed by atoms with Crippen LogP contribution >= 0.6 is 0 Å². The summed E-state index contributed by atoms with van der Waals surface area (Å²) < 4.78 is 0. The summed E-state index contributed by atoms with van der Waals surface area (Å²) in [6, 6.07) is 4.61. The van der Waals surface area contributed by atoms with Crippen LogP contribution in [0.4, 0.5) is 0 Å². The maximum absolute atomic E-state index is 10.1. The summed E-state index contributed by atoms with van der Waals surface area (Å²) in [7, 11) is 0. The lowest BCUT2D eigenvalue weighted by Gasteiger charge is -2.36. The van der Waals surface area contributed by atoms with Crippen LogP contribution < -0.4 is 0 Å². The highest BCUT2D eigenvalue weighted by Crippen LogP contribution is 2.33. The molecule has 0 aromatic heterocycles. The molecule has 1 N–H and O–H groups in total. The van der Waals surface area contributed by atoms with E-state index in [0.717, 1.165) is 12.8 Å². The van der Waals surface area contributed by atoms with Gasteiger partial charge in [0.2, 0.25) is 0 Å². The average molecular weight is 332 g/mol. The Balaban J connectivity index is 1.90. The second kappa shape index (κ2) is 10.1. The Bertz CT molecular complexity index is 497. The molecule has 0 fully saturated rings. The van der Waals surface area contributed by atoms with Crippen molar-refractivity contribution in [2.45, 2.75) is 91.0 Å². The highest BCUT2D eigenvalue weighted by atomic mass is 16.3. The van der Waals surface area contributed by atoms with Gasteiger partial charge in [-0.3, -0.25) is 0 Å². The van der Waals surface area contributed by atoms with Gasteiger partial charge in [0, 0.05) is 6.04 Å². The Morgan fingerprint density at radius 3 is 2.46 bits per heavy atom. The highest BCUT2D eigenvalue weighted by molar-refractivity contribution is 5.45. The second-order valence-corrected chi connectivity index (χ2v) is 7.56. The monoisotopic (exact) mass is 331 g/mol. The summed E-state index contributed by atoms with van der Waals surface area (Å²) in [6.45, 7) is 9.23. The minimum Gasteiger partial charge on any atom is -0.508 e. The molecule has 0 spiro atoms. The van der Waals surface area contributed by atoms with Gasteiger partial charge in [0.15, 0.2) is 0 Å². The molecule has 2 nitrogen and oxygen atoms in total. The number of aromatic hydroxyl groups is 1. The summed E-state index contributed by atoms with van der Waals surface area (Å²) in [6.07, 6.45) is 12.8. The molecule has 0 heterocycles. The van der Waals surface area contributed by atoms with Crippen molar-refractivity contribution >= 4 is 0 Å². The van der Waals surface area contributed by atoms with E-state index in [0.29, 0.717) is 11.8 Å². The molecule has 136 valence electrons. The standard InChI is InChI=1S/C22H37NO/c1-4-6-7-8-9-10-16-23(15-5-2)19-12-13-20-21(17-19)18(3)11-14-22(20)24/h11,14,19,24H,4-10,12-13,15-17H2,1-3H3/t19-/m0/s1. The van der Waals surface area contributed by atoms with E-state index in [1.807, 2.05) is 6.07 Å². The van der Waals surface area contributed by atoms with Crippen molar-refractivity contribution in [1.82, 2.24) is 4.90 Å². The third-order valence-corrected chi connectivity index (χ3v) is 5.63. The Morgan fingerprint density at radius 2 is 1.71 bits per heavy atom. The molecule has 1 aromatic rings. The third-order valence-electron chi connectivity index (χ3n) is 5.63. The number of hydrogen-bond donors (Lipinski definition) is 1. The summed E-state index contributed by atoms with van der Waals surface area (Å²) in [5.74, 6) is 0.506. The predicted octanol–water partition coefficient (Wildman–Crippen LogP) is 5.63. The van der Waals surface area contributed by atoms with Crippen LogP contribution in [0.25, 0.3) is 0 Å². The fourth-order valence-electron chi connectivity index (χ4n) is 4.18. The lowest BCUT2D eigenvalue weighted by Crippen LogP contribution is -2.40. The van der Waals surface area contributed by atoms with Crippen molar-refractivity contribution in [2.24, 2.45) is 0 Å². The number of aryl methyl sites for hydroxylation is 1. The van der Waals surface area contributed by atoms with Crippen molar-refractivity contribution < 1.29 is 5.11 Å². The van der Waals surface area contributed by atoms with Gasteiger partial charge >= 0.3 is 0 Å². The van der Waals surface area contributed by atoms with Crippen LogP contribution in [0, 0.1) is 6.92 Å². The van der Waals surface area contributed by atoms with Gasteiger partial charge in [-0.25, -0.2) is 0 Å². The number of phenols is 1. The predicted molar refractivity (Wildman–Crippen MR) is 104 cm³/mol. The van der Waals surface area contributed by atoms with Gasteiger partial charge in [0.05, 0.1) is 0 Å². The van der Waals surface area contributed by atoms with Gasteiger partial charge in [0.1, 0.15) is 5.75 Å². The molecule has 0 aliphatic heterocycles. The van der Waals surface area contributed by atoms with Gasteiger partial charge in [-0.1, -0.05) is 52.0 Å². The van der Waals surface area contributed by atoms with Gasteiger partial charge in [0.25, 0.3) is 0 Å². The number of benzene rings is 1. The van der Waals surface area contributed by atoms with E-state index in [1.54, 1.807) is 0 Å². The summed E-state index contributed by atoms with van der Waals surface area (Å²) in [5, 5.41) is 10.1. The molecule has 1 atom stereocenters. The van der Waals surface area contributed by atoms with E-state index in [1.165, 1.54) is 81.1 Å². The van der Waals surface area contributed by atoms with E-state index in [4.69, 9.17) is 0 Å². The van der Waals surface area contributed by atoms with Gasteiger partial charge in [-0.05, 0) is 74.9 Å². The van der Waals surface area contributed by atoms with Crippen molar-refractivity contribution in [2.75, 3.05) is 13.1 Å². The first-order chi connectivity index (χ1) is 11.7. The summed E-state index contributed by atoms with van der Waals surface area (Å²) >= 11 is 0. The summed E-state index contributed by atoms with van der Waals surface area (Å²) in [4.78, 5) is 2.73. The molecule has 1 aliphatic carbocycles. The maximum Gasteiger partial charge on any atom is 0.119 e. The van der Waals surface area contributed by atoms with E-state index < -0.39 is 0 Å². The number of fused-ring (bicyclic) bond motifs is 1. The Kier molecular flexibility index (Phi) is 8.11. The van der Waals surface area contributed by atoms with Gasteiger partial charge < -0.3 is 10.0 Å². The Labute approximate surface area is 149 Å². The van der Waals surface area contributed by atoms with Crippen LogP contribution in [0.2, 0.25) is 0 Å². The average Bonchev–Trinajstić information content (AvgIpc) is 2.60. The van der Waals surface area contributed by atoms with Crippen LogP contribution in [-0.2, 0) is 12.8 Å². The fourth-order valence-corrected chi connectivity index (χ4v) is 4.18. The van der Waals surface area contributed by atoms with Crippen LogP contribution in [0.1, 0.15) is 81.9 Å². The number of rotatable bonds is 10. The van der Waals surface area contributed by atoms with Crippen molar-refractivity contribution in [3.63, 3.8) is 0 Å². The molecule has 0 unspecified atom stereocenters.